The molecule has 0 aromatic carbocycles. The molecule has 0 unspecified atom stereocenters. The zero-order valence-electron chi connectivity index (χ0n) is 11.0. The van der Waals surface area contributed by atoms with Crippen molar-refractivity contribution in [3.63, 3.8) is 0 Å². The van der Waals surface area contributed by atoms with E-state index >= 15 is 0 Å². The number of rotatable bonds is 1. The monoisotopic (exact) mass is 247 g/mol. The molecule has 2 saturated heterocycles. The Morgan fingerprint density at radius 2 is 2.11 bits per heavy atom. The van der Waals surface area contributed by atoms with Crippen molar-refractivity contribution < 1.29 is 4.79 Å². The molecular formula is C14H21N3O. The Morgan fingerprint density at radius 3 is 2.67 bits per heavy atom. The SMILES string of the molecule is Cc1[nH]ccc1C(=O)N1CCC2(CCNC2)CC1. The minimum Gasteiger partial charge on any atom is -0.365 e. The zero-order chi connectivity index (χ0) is 12.6. The summed E-state index contributed by atoms with van der Waals surface area (Å²) in [5.41, 5.74) is 2.28. The van der Waals surface area contributed by atoms with E-state index in [2.05, 4.69) is 10.3 Å². The molecule has 1 aromatic heterocycles. The van der Waals surface area contributed by atoms with Crippen LogP contribution in [0.5, 0.6) is 0 Å². The summed E-state index contributed by atoms with van der Waals surface area (Å²) in [5, 5.41) is 3.46. The zero-order valence-corrected chi connectivity index (χ0v) is 11.0. The molecule has 2 N–H and O–H groups in total. The molecule has 0 aliphatic carbocycles. The quantitative estimate of drug-likeness (QED) is 0.791. The second-order valence-corrected chi connectivity index (χ2v) is 5.74. The molecule has 4 heteroatoms. The molecule has 1 amide bonds. The van der Waals surface area contributed by atoms with Gasteiger partial charge in [-0.3, -0.25) is 4.79 Å². The van der Waals surface area contributed by atoms with Gasteiger partial charge in [-0.15, -0.1) is 0 Å². The molecule has 0 radical (unpaired) electrons. The maximum absolute atomic E-state index is 12.4. The number of hydrogen-bond donors (Lipinski definition) is 2. The van der Waals surface area contributed by atoms with Crippen LogP contribution in [0.25, 0.3) is 0 Å². The van der Waals surface area contributed by atoms with Crippen molar-refractivity contribution in [1.29, 1.82) is 0 Å². The van der Waals surface area contributed by atoms with Gasteiger partial charge in [-0.2, -0.15) is 0 Å². The van der Waals surface area contributed by atoms with Gasteiger partial charge in [0, 0.05) is 31.5 Å². The van der Waals surface area contributed by atoms with Gasteiger partial charge in [0.2, 0.25) is 0 Å². The summed E-state index contributed by atoms with van der Waals surface area (Å²) in [5.74, 6) is 0.189. The fraction of sp³-hybridized carbons (Fsp3) is 0.643. The lowest BCUT2D eigenvalue weighted by Gasteiger charge is -2.38. The van der Waals surface area contributed by atoms with Crippen molar-refractivity contribution in [2.75, 3.05) is 26.2 Å². The van der Waals surface area contributed by atoms with Gasteiger partial charge >= 0.3 is 0 Å². The van der Waals surface area contributed by atoms with E-state index in [0.29, 0.717) is 5.41 Å². The Morgan fingerprint density at radius 1 is 1.33 bits per heavy atom. The summed E-state index contributed by atoms with van der Waals surface area (Å²) < 4.78 is 0. The minimum absolute atomic E-state index is 0.189. The van der Waals surface area contributed by atoms with Crippen LogP contribution in [0.1, 0.15) is 35.3 Å². The summed E-state index contributed by atoms with van der Waals surface area (Å²) in [6, 6.07) is 1.89. The van der Waals surface area contributed by atoms with Crippen LogP contribution in [0.3, 0.4) is 0 Å². The maximum atomic E-state index is 12.4. The molecule has 2 aliphatic heterocycles. The average Bonchev–Trinajstić information content (AvgIpc) is 2.99. The van der Waals surface area contributed by atoms with Crippen LogP contribution in [0, 0.1) is 12.3 Å². The first-order valence-electron chi connectivity index (χ1n) is 6.84. The molecule has 1 spiro atoms. The topological polar surface area (TPSA) is 48.1 Å². The van der Waals surface area contributed by atoms with Gasteiger partial charge in [0.25, 0.3) is 5.91 Å². The molecule has 1 aromatic rings. The van der Waals surface area contributed by atoms with E-state index < -0.39 is 0 Å². The Bertz CT molecular complexity index is 436. The number of nitrogens with one attached hydrogen (secondary N) is 2. The number of carbonyl (C=O) groups excluding carboxylic acids is 1. The Labute approximate surface area is 108 Å². The first-order chi connectivity index (χ1) is 8.70. The number of amides is 1. The summed E-state index contributed by atoms with van der Waals surface area (Å²) in [4.78, 5) is 17.5. The van der Waals surface area contributed by atoms with Crippen LogP contribution in [0.2, 0.25) is 0 Å². The van der Waals surface area contributed by atoms with Crippen LogP contribution in [-0.2, 0) is 0 Å². The maximum Gasteiger partial charge on any atom is 0.255 e. The third-order valence-corrected chi connectivity index (χ3v) is 4.63. The highest BCUT2D eigenvalue weighted by atomic mass is 16.2. The number of hydrogen-bond acceptors (Lipinski definition) is 2. The number of piperidine rings is 1. The molecule has 3 rings (SSSR count). The Hall–Kier alpha value is -1.29. The molecule has 18 heavy (non-hydrogen) atoms. The van der Waals surface area contributed by atoms with Crippen LogP contribution in [0.15, 0.2) is 12.3 Å². The third-order valence-electron chi connectivity index (χ3n) is 4.63. The number of likely N-dealkylation sites (tertiary alicyclic amines) is 1. The van der Waals surface area contributed by atoms with Crippen molar-refractivity contribution in [3.05, 3.63) is 23.5 Å². The first kappa shape index (κ1) is 11.8. The fourth-order valence-electron chi connectivity index (χ4n) is 3.26. The Balaban J connectivity index is 1.66. The lowest BCUT2D eigenvalue weighted by Crippen LogP contribution is -2.44. The molecule has 0 atom stereocenters. The number of carbonyl (C=O) groups is 1. The minimum atomic E-state index is 0.189. The average molecular weight is 247 g/mol. The van der Waals surface area contributed by atoms with Crippen LogP contribution >= 0.6 is 0 Å². The second kappa shape index (κ2) is 4.43. The van der Waals surface area contributed by atoms with E-state index in [1.165, 1.54) is 6.42 Å². The largest absolute Gasteiger partial charge is 0.365 e. The van der Waals surface area contributed by atoms with Crippen molar-refractivity contribution in [3.8, 4) is 0 Å². The predicted octanol–water partition coefficient (Wildman–Crippen LogP) is 1.54. The number of nitrogens with zero attached hydrogens (tertiary/aromatic N) is 1. The molecule has 0 saturated carbocycles. The first-order valence-corrected chi connectivity index (χ1v) is 6.84. The van der Waals surface area contributed by atoms with Crippen LogP contribution < -0.4 is 5.32 Å². The summed E-state index contributed by atoms with van der Waals surface area (Å²) in [6.07, 6.45) is 5.41. The summed E-state index contributed by atoms with van der Waals surface area (Å²) >= 11 is 0. The number of H-pyrrole nitrogens is 1. The third kappa shape index (κ3) is 1.94. The highest BCUT2D eigenvalue weighted by Gasteiger charge is 2.38. The highest BCUT2D eigenvalue weighted by molar-refractivity contribution is 5.95. The fourth-order valence-corrected chi connectivity index (χ4v) is 3.26. The van der Waals surface area contributed by atoms with Gasteiger partial charge in [0.05, 0.1) is 5.56 Å². The predicted molar refractivity (Wildman–Crippen MR) is 70.6 cm³/mol. The molecule has 4 nitrogen and oxygen atoms in total. The van der Waals surface area contributed by atoms with Crippen molar-refractivity contribution in [2.45, 2.75) is 26.2 Å². The van der Waals surface area contributed by atoms with Gasteiger partial charge in [0.15, 0.2) is 0 Å². The standard InChI is InChI=1S/C14H21N3O/c1-11-12(2-6-16-11)13(18)17-8-4-14(5-9-17)3-7-15-10-14/h2,6,15-16H,3-5,7-10H2,1H3. The summed E-state index contributed by atoms with van der Waals surface area (Å²) in [6.45, 7) is 6.05. The lowest BCUT2D eigenvalue weighted by molar-refractivity contribution is 0.0607. The van der Waals surface area contributed by atoms with E-state index in [-0.39, 0.29) is 5.91 Å². The van der Waals surface area contributed by atoms with E-state index in [1.54, 1.807) is 0 Å². The van der Waals surface area contributed by atoms with E-state index in [0.717, 1.165) is 50.3 Å². The normalized spacial score (nSPS) is 22.6. The Kier molecular flexibility index (Phi) is 2.90. The molecule has 0 bridgehead atoms. The number of aryl methyl sites for hydroxylation is 1. The van der Waals surface area contributed by atoms with Gasteiger partial charge in [0.1, 0.15) is 0 Å². The second-order valence-electron chi connectivity index (χ2n) is 5.74. The molecule has 3 heterocycles. The number of aromatic amines is 1. The van der Waals surface area contributed by atoms with Gasteiger partial charge in [-0.05, 0) is 44.2 Å². The van der Waals surface area contributed by atoms with E-state index in [9.17, 15) is 4.79 Å². The van der Waals surface area contributed by atoms with Crippen LogP contribution in [0.4, 0.5) is 0 Å². The van der Waals surface area contributed by atoms with Crippen molar-refractivity contribution >= 4 is 5.91 Å². The van der Waals surface area contributed by atoms with Gasteiger partial charge in [-0.1, -0.05) is 0 Å². The molecular weight excluding hydrogens is 226 g/mol. The molecule has 98 valence electrons. The van der Waals surface area contributed by atoms with Gasteiger partial charge < -0.3 is 15.2 Å². The van der Waals surface area contributed by atoms with Gasteiger partial charge in [-0.25, -0.2) is 0 Å². The van der Waals surface area contributed by atoms with Crippen molar-refractivity contribution in [2.24, 2.45) is 5.41 Å². The van der Waals surface area contributed by atoms with Crippen LogP contribution in [-0.4, -0.2) is 42.0 Å². The van der Waals surface area contributed by atoms with E-state index in [1.807, 2.05) is 24.1 Å². The molecule has 2 aliphatic rings. The lowest BCUT2D eigenvalue weighted by atomic mass is 9.78. The smallest absolute Gasteiger partial charge is 0.255 e. The summed E-state index contributed by atoms with van der Waals surface area (Å²) in [7, 11) is 0. The highest BCUT2D eigenvalue weighted by Crippen LogP contribution is 2.37. The van der Waals surface area contributed by atoms with E-state index in [4.69, 9.17) is 0 Å². The number of aromatic nitrogens is 1. The van der Waals surface area contributed by atoms with Crippen molar-refractivity contribution in [1.82, 2.24) is 15.2 Å². The molecule has 2 fully saturated rings.